The number of benzene rings is 2. The third kappa shape index (κ3) is 3.74. The molecular formula is C19H20N2O3. The van der Waals surface area contributed by atoms with Crippen LogP contribution in [0.3, 0.4) is 0 Å². The maximum absolute atomic E-state index is 12.5. The Morgan fingerprint density at radius 2 is 1.88 bits per heavy atom. The van der Waals surface area contributed by atoms with E-state index in [1.54, 1.807) is 24.3 Å². The molecule has 0 saturated carbocycles. The number of anilines is 1. The van der Waals surface area contributed by atoms with E-state index in [9.17, 15) is 9.59 Å². The summed E-state index contributed by atoms with van der Waals surface area (Å²) in [6.07, 6.45) is 4.41. The lowest BCUT2D eigenvalue weighted by atomic mass is 9.90. The van der Waals surface area contributed by atoms with Gasteiger partial charge < -0.3 is 15.8 Å². The lowest BCUT2D eigenvalue weighted by molar-refractivity contribution is -0.119. The number of nitrogens with two attached hydrogens (primary N) is 1. The zero-order chi connectivity index (χ0) is 16.9. The van der Waals surface area contributed by atoms with E-state index in [2.05, 4.69) is 11.4 Å². The van der Waals surface area contributed by atoms with E-state index in [0.29, 0.717) is 11.3 Å². The van der Waals surface area contributed by atoms with Crippen molar-refractivity contribution in [1.29, 1.82) is 0 Å². The predicted octanol–water partition coefficient (Wildman–Crippen LogP) is 2.68. The molecule has 0 unspecified atom stereocenters. The molecule has 0 fully saturated rings. The van der Waals surface area contributed by atoms with Crippen LogP contribution < -0.4 is 15.8 Å². The first kappa shape index (κ1) is 16.1. The Balaban J connectivity index is 1.76. The Hall–Kier alpha value is -2.82. The van der Waals surface area contributed by atoms with Crippen LogP contribution in [0.1, 0.15) is 34.3 Å². The Morgan fingerprint density at radius 3 is 2.71 bits per heavy atom. The van der Waals surface area contributed by atoms with Gasteiger partial charge in [0.2, 0.25) is 0 Å². The van der Waals surface area contributed by atoms with Gasteiger partial charge in [-0.3, -0.25) is 9.59 Å². The summed E-state index contributed by atoms with van der Waals surface area (Å²) in [4.78, 5) is 23.3. The number of ether oxygens (including phenoxy) is 1. The largest absolute Gasteiger partial charge is 0.484 e. The van der Waals surface area contributed by atoms with E-state index in [-0.39, 0.29) is 12.5 Å². The molecule has 2 aromatic carbocycles. The zero-order valence-corrected chi connectivity index (χ0v) is 13.4. The van der Waals surface area contributed by atoms with E-state index >= 15 is 0 Å². The minimum absolute atomic E-state index is 0.196. The number of fused-ring (bicyclic) bond motifs is 1. The Kier molecular flexibility index (Phi) is 4.79. The summed E-state index contributed by atoms with van der Waals surface area (Å²) in [6.45, 7) is -0.211. The number of carbonyl (C=O) groups is 2. The quantitative estimate of drug-likeness (QED) is 0.887. The highest BCUT2D eigenvalue weighted by atomic mass is 16.5. The van der Waals surface area contributed by atoms with Crippen molar-refractivity contribution in [3.05, 3.63) is 59.2 Å². The Labute approximate surface area is 140 Å². The molecule has 0 radical (unpaired) electrons. The first-order chi connectivity index (χ1) is 11.6. The van der Waals surface area contributed by atoms with Gasteiger partial charge in [0.15, 0.2) is 6.61 Å². The molecule has 1 aliphatic carbocycles. The van der Waals surface area contributed by atoms with Crippen LogP contribution in [0, 0.1) is 0 Å². The molecule has 124 valence electrons. The molecule has 3 N–H and O–H groups in total. The van der Waals surface area contributed by atoms with E-state index in [4.69, 9.17) is 10.5 Å². The van der Waals surface area contributed by atoms with Gasteiger partial charge in [-0.25, -0.2) is 0 Å². The molecule has 0 aliphatic heterocycles. The van der Waals surface area contributed by atoms with Gasteiger partial charge in [0.1, 0.15) is 5.75 Å². The summed E-state index contributed by atoms with van der Waals surface area (Å²) in [7, 11) is 0. The Morgan fingerprint density at radius 1 is 1.08 bits per heavy atom. The molecule has 2 amide bonds. The van der Waals surface area contributed by atoms with Crippen molar-refractivity contribution >= 4 is 17.5 Å². The van der Waals surface area contributed by atoms with E-state index in [1.165, 1.54) is 17.5 Å². The monoisotopic (exact) mass is 324 g/mol. The van der Waals surface area contributed by atoms with Gasteiger partial charge in [-0.15, -0.1) is 0 Å². The molecule has 0 heterocycles. The molecule has 2 aromatic rings. The number of aryl methyl sites for hydroxylation is 1. The van der Waals surface area contributed by atoms with Crippen LogP contribution in [-0.4, -0.2) is 18.4 Å². The summed E-state index contributed by atoms with van der Waals surface area (Å²) >= 11 is 0. The van der Waals surface area contributed by atoms with Crippen LogP contribution in [0.5, 0.6) is 5.75 Å². The summed E-state index contributed by atoms with van der Waals surface area (Å²) in [5.74, 6) is -0.309. The smallest absolute Gasteiger partial charge is 0.255 e. The van der Waals surface area contributed by atoms with Crippen LogP contribution in [0.2, 0.25) is 0 Å². The second kappa shape index (κ2) is 7.17. The molecule has 0 atom stereocenters. The fraction of sp³-hybridized carbons (Fsp3) is 0.263. The number of amides is 2. The molecule has 0 saturated heterocycles. The van der Waals surface area contributed by atoms with Gasteiger partial charge in [0, 0.05) is 11.3 Å². The average molecular weight is 324 g/mol. The molecule has 0 spiro atoms. The van der Waals surface area contributed by atoms with Crippen molar-refractivity contribution in [3.63, 3.8) is 0 Å². The lowest BCUT2D eigenvalue weighted by Gasteiger charge is -2.19. The summed E-state index contributed by atoms with van der Waals surface area (Å²) in [6, 6.07) is 12.8. The number of hydrogen-bond acceptors (Lipinski definition) is 3. The van der Waals surface area contributed by atoms with Crippen molar-refractivity contribution in [3.8, 4) is 5.75 Å². The van der Waals surface area contributed by atoms with Crippen molar-refractivity contribution in [2.24, 2.45) is 5.73 Å². The highest BCUT2D eigenvalue weighted by Gasteiger charge is 2.15. The molecule has 3 rings (SSSR count). The average Bonchev–Trinajstić information content (AvgIpc) is 2.60. The number of carbonyl (C=O) groups excluding carboxylic acids is 2. The van der Waals surface area contributed by atoms with Gasteiger partial charge in [-0.05, 0) is 61.1 Å². The summed E-state index contributed by atoms with van der Waals surface area (Å²) < 4.78 is 5.24. The zero-order valence-electron chi connectivity index (χ0n) is 13.4. The number of primary amides is 1. The van der Waals surface area contributed by atoms with Gasteiger partial charge >= 0.3 is 0 Å². The maximum atomic E-state index is 12.5. The molecule has 24 heavy (non-hydrogen) atoms. The fourth-order valence-corrected chi connectivity index (χ4v) is 2.97. The highest BCUT2D eigenvalue weighted by Crippen LogP contribution is 2.28. The normalized spacial score (nSPS) is 13.0. The first-order valence-corrected chi connectivity index (χ1v) is 8.07. The van der Waals surface area contributed by atoms with E-state index in [1.807, 2.05) is 12.1 Å². The van der Waals surface area contributed by atoms with Gasteiger partial charge in [-0.1, -0.05) is 18.2 Å². The molecule has 0 aromatic heterocycles. The fourth-order valence-electron chi connectivity index (χ4n) is 2.97. The van der Waals surface area contributed by atoms with Crippen molar-refractivity contribution in [1.82, 2.24) is 0 Å². The van der Waals surface area contributed by atoms with Crippen molar-refractivity contribution < 1.29 is 14.3 Å². The number of hydrogen-bond donors (Lipinski definition) is 2. The molecular weight excluding hydrogens is 304 g/mol. The number of nitrogens with one attached hydrogen (secondary N) is 1. The maximum Gasteiger partial charge on any atom is 0.255 e. The standard InChI is InChI=1S/C19H20N2O3/c20-18(22)12-24-15-8-3-7-14(11-15)19(23)21-17-10-4-6-13-5-1-2-9-16(13)17/h3-4,6-8,10-11H,1-2,5,9,12H2,(H2,20,22)(H,21,23). The third-order valence-electron chi connectivity index (χ3n) is 4.12. The second-order valence-electron chi connectivity index (χ2n) is 5.89. The van der Waals surface area contributed by atoms with Gasteiger partial charge in [-0.2, -0.15) is 0 Å². The van der Waals surface area contributed by atoms with Crippen molar-refractivity contribution in [2.75, 3.05) is 11.9 Å². The molecule has 5 heteroatoms. The second-order valence-corrected chi connectivity index (χ2v) is 5.89. The van der Waals surface area contributed by atoms with E-state index in [0.717, 1.165) is 24.9 Å². The van der Waals surface area contributed by atoms with Crippen LogP contribution in [-0.2, 0) is 17.6 Å². The van der Waals surface area contributed by atoms with Crippen LogP contribution in [0.4, 0.5) is 5.69 Å². The minimum Gasteiger partial charge on any atom is -0.484 e. The third-order valence-corrected chi connectivity index (χ3v) is 4.12. The minimum atomic E-state index is -0.555. The van der Waals surface area contributed by atoms with Crippen LogP contribution in [0.15, 0.2) is 42.5 Å². The topological polar surface area (TPSA) is 81.4 Å². The van der Waals surface area contributed by atoms with Gasteiger partial charge in [0.25, 0.3) is 11.8 Å². The Bertz CT molecular complexity index is 771. The van der Waals surface area contributed by atoms with Crippen LogP contribution in [0.25, 0.3) is 0 Å². The highest BCUT2D eigenvalue weighted by molar-refractivity contribution is 6.05. The summed E-state index contributed by atoms with van der Waals surface area (Å²) in [5, 5.41) is 2.99. The first-order valence-electron chi connectivity index (χ1n) is 8.07. The SMILES string of the molecule is NC(=O)COc1cccc(C(=O)Nc2cccc3c2CCCC3)c1. The molecule has 1 aliphatic rings. The van der Waals surface area contributed by atoms with Crippen molar-refractivity contribution in [2.45, 2.75) is 25.7 Å². The van der Waals surface area contributed by atoms with Crippen LogP contribution >= 0.6 is 0 Å². The summed E-state index contributed by atoms with van der Waals surface area (Å²) in [5.41, 5.74) is 8.97. The predicted molar refractivity (Wildman–Crippen MR) is 92.2 cm³/mol. The number of rotatable bonds is 5. The van der Waals surface area contributed by atoms with E-state index < -0.39 is 5.91 Å². The lowest BCUT2D eigenvalue weighted by Crippen LogP contribution is -2.20. The molecule has 5 nitrogen and oxygen atoms in total. The van der Waals surface area contributed by atoms with Gasteiger partial charge in [0.05, 0.1) is 0 Å². The molecule has 0 bridgehead atoms.